The lowest BCUT2D eigenvalue weighted by Gasteiger charge is -2.37. The van der Waals surface area contributed by atoms with Crippen LogP contribution < -0.4 is 10.6 Å². The van der Waals surface area contributed by atoms with Gasteiger partial charge in [-0.15, -0.1) is 0 Å². The number of carbonyl (C=O) groups is 2. The smallest absolute Gasteiger partial charge is 0.222 e. The maximum atomic E-state index is 12.7. The molecule has 3 atom stereocenters. The number of nitrogens with zero attached hydrogens (tertiary/aromatic N) is 1. The Bertz CT molecular complexity index is 673. The van der Waals surface area contributed by atoms with Crippen LogP contribution in [0.2, 0.25) is 5.02 Å². The van der Waals surface area contributed by atoms with Gasteiger partial charge < -0.3 is 20.1 Å². The fourth-order valence-corrected chi connectivity index (χ4v) is 4.15. The number of morpholine rings is 1. The van der Waals surface area contributed by atoms with Crippen LogP contribution >= 0.6 is 11.6 Å². The zero-order valence-electron chi connectivity index (χ0n) is 16.9. The lowest BCUT2D eigenvalue weighted by atomic mass is 9.96. The minimum Gasteiger partial charge on any atom is -0.381 e. The first-order valence-electron chi connectivity index (χ1n) is 10.2. The normalized spacial score (nSPS) is 22.1. The number of benzene rings is 1. The molecule has 8 heteroatoms. The van der Waals surface area contributed by atoms with Crippen LogP contribution in [0, 0.1) is 5.92 Å². The van der Waals surface area contributed by atoms with Crippen molar-refractivity contribution in [3.63, 3.8) is 0 Å². The van der Waals surface area contributed by atoms with Crippen molar-refractivity contribution in [1.82, 2.24) is 15.5 Å². The van der Waals surface area contributed by atoms with E-state index in [2.05, 4.69) is 15.5 Å². The molecule has 0 spiro atoms. The van der Waals surface area contributed by atoms with Gasteiger partial charge in [0.1, 0.15) is 0 Å². The number of carbonyl (C=O) groups excluding carboxylic acids is 2. The Kier molecular flexibility index (Phi) is 8.29. The lowest BCUT2D eigenvalue weighted by Crippen LogP contribution is -2.52. The van der Waals surface area contributed by atoms with E-state index in [4.69, 9.17) is 21.1 Å². The summed E-state index contributed by atoms with van der Waals surface area (Å²) in [5.41, 5.74) is 0.855. The highest BCUT2D eigenvalue weighted by molar-refractivity contribution is 6.30. The van der Waals surface area contributed by atoms with Crippen molar-refractivity contribution >= 4 is 23.4 Å². The van der Waals surface area contributed by atoms with Crippen LogP contribution in [0.4, 0.5) is 0 Å². The summed E-state index contributed by atoms with van der Waals surface area (Å²) in [4.78, 5) is 26.7. The summed E-state index contributed by atoms with van der Waals surface area (Å²) in [6.45, 7) is 6.72. The second kappa shape index (κ2) is 10.9. The molecule has 2 heterocycles. The molecule has 0 radical (unpaired) electrons. The van der Waals surface area contributed by atoms with Crippen LogP contribution in [0.25, 0.3) is 0 Å². The largest absolute Gasteiger partial charge is 0.381 e. The molecule has 2 saturated heterocycles. The zero-order valence-corrected chi connectivity index (χ0v) is 17.6. The van der Waals surface area contributed by atoms with Crippen LogP contribution in [0.1, 0.15) is 31.4 Å². The van der Waals surface area contributed by atoms with E-state index in [1.165, 1.54) is 6.92 Å². The summed E-state index contributed by atoms with van der Waals surface area (Å²) in [5.74, 6) is 0.152. The minimum atomic E-state index is -0.388. The Morgan fingerprint density at radius 3 is 2.52 bits per heavy atom. The van der Waals surface area contributed by atoms with E-state index in [1.54, 1.807) is 12.1 Å². The fraction of sp³-hybridized carbons (Fsp3) is 0.619. The Labute approximate surface area is 177 Å². The Morgan fingerprint density at radius 1 is 1.17 bits per heavy atom. The zero-order chi connectivity index (χ0) is 20.6. The molecular formula is C21H30ClN3O4. The van der Waals surface area contributed by atoms with Crippen molar-refractivity contribution in [2.24, 2.45) is 5.92 Å². The highest BCUT2D eigenvalue weighted by Gasteiger charge is 2.32. The topological polar surface area (TPSA) is 79.9 Å². The maximum Gasteiger partial charge on any atom is 0.222 e. The van der Waals surface area contributed by atoms with Crippen molar-refractivity contribution in [2.75, 3.05) is 46.1 Å². The van der Waals surface area contributed by atoms with E-state index in [0.717, 1.165) is 51.5 Å². The van der Waals surface area contributed by atoms with Crippen molar-refractivity contribution in [2.45, 2.75) is 31.8 Å². The van der Waals surface area contributed by atoms with Gasteiger partial charge in [-0.25, -0.2) is 0 Å². The third-order valence-corrected chi connectivity index (χ3v) is 5.82. The number of ether oxygens (including phenoxy) is 2. The number of nitrogens with one attached hydrogen (secondary N) is 2. The molecule has 0 bridgehead atoms. The average Bonchev–Trinajstić information content (AvgIpc) is 3.23. The molecule has 3 rings (SSSR count). The van der Waals surface area contributed by atoms with E-state index < -0.39 is 0 Å². The third kappa shape index (κ3) is 6.67. The molecule has 0 saturated carbocycles. The standard InChI is InChI=1S/C21H30ClN3O4/c1-15(26)24-19(16-2-4-18(22)5-3-16)12-21(27)23-13-20(17-6-9-29-14-17)25-7-10-28-11-8-25/h2-5,17,19-20H,6-14H2,1H3,(H,23,27)(H,24,26). The Balaban J connectivity index is 1.59. The highest BCUT2D eigenvalue weighted by Crippen LogP contribution is 2.23. The molecule has 2 amide bonds. The first-order chi connectivity index (χ1) is 14.0. The fourth-order valence-electron chi connectivity index (χ4n) is 4.03. The van der Waals surface area contributed by atoms with Gasteiger partial charge in [0, 0.05) is 50.1 Å². The summed E-state index contributed by atoms with van der Waals surface area (Å²) >= 11 is 5.96. The van der Waals surface area contributed by atoms with Gasteiger partial charge in [0.15, 0.2) is 0 Å². The summed E-state index contributed by atoms with van der Waals surface area (Å²) < 4.78 is 11.1. The Hall–Kier alpha value is -1.67. The summed E-state index contributed by atoms with van der Waals surface area (Å²) in [5, 5.41) is 6.57. The first kappa shape index (κ1) is 22.0. The van der Waals surface area contributed by atoms with Gasteiger partial charge >= 0.3 is 0 Å². The van der Waals surface area contributed by atoms with E-state index in [9.17, 15) is 9.59 Å². The van der Waals surface area contributed by atoms with Gasteiger partial charge in [0.2, 0.25) is 11.8 Å². The number of amides is 2. The van der Waals surface area contributed by atoms with Gasteiger partial charge in [0.25, 0.3) is 0 Å². The molecule has 1 aromatic carbocycles. The van der Waals surface area contributed by atoms with Crippen molar-refractivity contribution in [1.29, 1.82) is 0 Å². The van der Waals surface area contributed by atoms with Crippen molar-refractivity contribution in [3.8, 4) is 0 Å². The quantitative estimate of drug-likeness (QED) is 0.666. The molecule has 29 heavy (non-hydrogen) atoms. The van der Waals surface area contributed by atoms with Crippen molar-refractivity contribution in [3.05, 3.63) is 34.9 Å². The van der Waals surface area contributed by atoms with E-state index >= 15 is 0 Å². The molecule has 7 nitrogen and oxygen atoms in total. The average molecular weight is 424 g/mol. The van der Waals surface area contributed by atoms with Crippen LogP contribution in [0.5, 0.6) is 0 Å². The SMILES string of the molecule is CC(=O)NC(CC(=O)NCC(C1CCOC1)N1CCOCC1)c1ccc(Cl)cc1. The number of halogens is 1. The van der Waals surface area contributed by atoms with E-state index in [1.807, 2.05) is 12.1 Å². The molecule has 0 aromatic heterocycles. The van der Waals surface area contributed by atoms with Gasteiger partial charge in [-0.05, 0) is 24.1 Å². The van der Waals surface area contributed by atoms with E-state index in [-0.39, 0.29) is 30.3 Å². The summed E-state index contributed by atoms with van der Waals surface area (Å²) in [7, 11) is 0. The predicted molar refractivity (Wildman–Crippen MR) is 111 cm³/mol. The third-order valence-electron chi connectivity index (χ3n) is 5.57. The molecule has 2 aliphatic rings. The van der Waals surface area contributed by atoms with Crippen LogP contribution in [-0.4, -0.2) is 68.8 Å². The molecule has 2 fully saturated rings. The lowest BCUT2D eigenvalue weighted by molar-refractivity contribution is -0.123. The van der Waals surface area contributed by atoms with Crippen LogP contribution in [0.15, 0.2) is 24.3 Å². The number of rotatable bonds is 8. The van der Waals surface area contributed by atoms with Gasteiger partial charge in [-0.3, -0.25) is 14.5 Å². The molecule has 2 aliphatic heterocycles. The maximum absolute atomic E-state index is 12.7. The second-order valence-electron chi connectivity index (χ2n) is 7.65. The second-order valence-corrected chi connectivity index (χ2v) is 8.09. The van der Waals surface area contributed by atoms with Gasteiger partial charge in [0.05, 0.1) is 32.3 Å². The van der Waals surface area contributed by atoms with Crippen LogP contribution in [0.3, 0.4) is 0 Å². The monoisotopic (exact) mass is 423 g/mol. The first-order valence-corrected chi connectivity index (χ1v) is 10.6. The predicted octanol–water partition coefficient (Wildman–Crippen LogP) is 1.76. The minimum absolute atomic E-state index is 0.0872. The summed E-state index contributed by atoms with van der Waals surface area (Å²) in [6, 6.07) is 7.04. The number of hydrogen-bond donors (Lipinski definition) is 2. The van der Waals surface area contributed by atoms with Gasteiger partial charge in [-0.2, -0.15) is 0 Å². The Morgan fingerprint density at radius 2 is 1.90 bits per heavy atom. The molecule has 1 aromatic rings. The molecular weight excluding hydrogens is 394 g/mol. The number of hydrogen-bond acceptors (Lipinski definition) is 5. The molecule has 0 aliphatic carbocycles. The summed E-state index contributed by atoms with van der Waals surface area (Å²) in [6.07, 6.45) is 1.19. The molecule has 160 valence electrons. The van der Waals surface area contributed by atoms with Crippen LogP contribution in [-0.2, 0) is 19.1 Å². The van der Waals surface area contributed by atoms with Gasteiger partial charge in [-0.1, -0.05) is 23.7 Å². The molecule has 2 N–H and O–H groups in total. The van der Waals surface area contributed by atoms with Crippen molar-refractivity contribution < 1.29 is 19.1 Å². The molecule has 3 unspecified atom stereocenters. The highest BCUT2D eigenvalue weighted by atomic mass is 35.5. The van der Waals surface area contributed by atoms with E-state index in [0.29, 0.717) is 17.5 Å².